The van der Waals surface area contributed by atoms with Gasteiger partial charge in [-0.1, -0.05) is 44.2 Å². The van der Waals surface area contributed by atoms with E-state index in [9.17, 15) is 4.79 Å². The zero-order chi connectivity index (χ0) is 25.9. The van der Waals surface area contributed by atoms with Crippen molar-refractivity contribution in [2.45, 2.75) is 39.8 Å². The Bertz CT molecular complexity index is 1580. The quantitative estimate of drug-likeness (QED) is 0.287. The van der Waals surface area contributed by atoms with Crippen LogP contribution in [0.15, 0.2) is 77.7 Å². The van der Waals surface area contributed by atoms with E-state index < -0.39 is 0 Å². The highest BCUT2D eigenvalue weighted by molar-refractivity contribution is 5.83. The molecule has 7 nitrogen and oxygen atoms in total. The Labute approximate surface area is 216 Å². The fourth-order valence-corrected chi connectivity index (χ4v) is 4.82. The minimum Gasteiger partial charge on any atom is -0.488 e. The van der Waals surface area contributed by atoms with E-state index in [0.717, 1.165) is 46.4 Å². The standard InChI is InChI=1S/C30H33N5O2/c1-20(2)25-18-26(28(16-21(25)3)37-19-22-8-6-5-7-9-22)29-32-33-30(36)35(29)24-10-11-27-23(17-24)12-14-34(27)15-13-31-4/h5-12,14,16-18,20,31H,13,15,19H2,1-4H3,(H,33,36). The van der Waals surface area contributed by atoms with Gasteiger partial charge in [-0.25, -0.2) is 14.5 Å². The molecule has 5 aromatic rings. The van der Waals surface area contributed by atoms with Crippen molar-refractivity contribution in [1.82, 2.24) is 24.6 Å². The number of fused-ring (bicyclic) bond motifs is 1. The van der Waals surface area contributed by atoms with Gasteiger partial charge in [0.25, 0.3) is 0 Å². The summed E-state index contributed by atoms with van der Waals surface area (Å²) in [6, 6.07) is 22.4. The van der Waals surface area contributed by atoms with Crippen LogP contribution >= 0.6 is 0 Å². The summed E-state index contributed by atoms with van der Waals surface area (Å²) in [7, 11) is 1.95. The van der Waals surface area contributed by atoms with Crippen molar-refractivity contribution in [1.29, 1.82) is 0 Å². The SMILES string of the molecule is CNCCn1ccc2cc(-n3c(-c4cc(C(C)C)c(C)cc4OCc4ccccc4)n[nH]c3=O)ccc21. The predicted molar refractivity (Wildman–Crippen MR) is 149 cm³/mol. The van der Waals surface area contributed by atoms with Crippen molar-refractivity contribution in [3.63, 3.8) is 0 Å². The summed E-state index contributed by atoms with van der Waals surface area (Å²) < 4.78 is 10.2. The van der Waals surface area contributed by atoms with Crippen molar-refractivity contribution < 1.29 is 4.74 Å². The van der Waals surface area contributed by atoms with Crippen LogP contribution < -0.4 is 15.7 Å². The van der Waals surface area contributed by atoms with E-state index in [4.69, 9.17) is 4.74 Å². The van der Waals surface area contributed by atoms with E-state index in [2.05, 4.69) is 71.3 Å². The minimum absolute atomic E-state index is 0.287. The van der Waals surface area contributed by atoms with Gasteiger partial charge in [0.2, 0.25) is 0 Å². The highest BCUT2D eigenvalue weighted by Gasteiger charge is 2.20. The van der Waals surface area contributed by atoms with Crippen molar-refractivity contribution in [3.8, 4) is 22.8 Å². The molecule has 0 aliphatic heterocycles. The van der Waals surface area contributed by atoms with Gasteiger partial charge in [-0.2, -0.15) is 5.10 Å². The van der Waals surface area contributed by atoms with Gasteiger partial charge in [0, 0.05) is 30.2 Å². The monoisotopic (exact) mass is 495 g/mol. The first-order chi connectivity index (χ1) is 18.0. The summed E-state index contributed by atoms with van der Waals surface area (Å²) >= 11 is 0. The third kappa shape index (κ3) is 4.95. The van der Waals surface area contributed by atoms with Crippen LogP contribution in [0, 0.1) is 6.92 Å². The second-order valence-electron chi connectivity index (χ2n) is 9.68. The molecule has 190 valence electrons. The Morgan fingerprint density at radius 2 is 1.86 bits per heavy atom. The van der Waals surface area contributed by atoms with Crippen LogP contribution in [0.2, 0.25) is 0 Å². The fourth-order valence-electron chi connectivity index (χ4n) is 4.82. The van der Waals surface area contributed by atoms with Crippen LogP contribution in [-0.2, 0) is 13.2 Å². The third-order valence-electron chi connectivity index (χ3n) is 6.76. The molecule has 0 bridgehead atoms. The number of aryl methyl sites for hydroxylation is 1. The maximum Gasteiger partial charge on any atom is 0.348 e. The van der Waals surface area contributed by atoms with Gasteiger partial charge < -0.3 is 14.6 Å². The van der Waals surface area contributed by atoms with Crippen LogP contribution in [0.3, 0.4) is 0 Å². The van der Waals surface area contributed by atoms with E-state index in [0.29, 0.717) is 24.1 Å². The molecule has 3 aromatic carbocycles. The number of hydrogen-bond donors (Lipinski definition) is 2. The first-order valence-electron chi connectivity index (χ1n) is 12.7. The number of benzene rings is 3. The Kier molecular flexibility index (Phi) is 6.97. The van der Waals surface area contributed by atoms with Gasteiger partial charge in [0.15, 0.2) is 5.82 Å². The molecule has 0 aliphatic rings. The summed E-state index contributed by atoms with van der Waals surface area (Å²) in [6.07, 6.45) is 2.08. The van der Waals surface area contributed by atoms with Crippen molar-refractivity contribution >= 4 is 10.9 Å². The summed E-state index contributed by atoms with van der Waals surface area (Å²) in [4.78, 5) is 13.1. The summed E-state index contributed by atoms with van der Waals surface area (Å²) in [5.41, 5.74) is 5.80. The molecule has 7 heteroatoms. The first kappa shape index (κ1) is 24.6. The molecule has 0 unspecified atom stereocenters. The second-order valence-corrected chi connectivity index (χ2v) is 9.68. The summed E-state index contributed by atoms with van der Waals surface area (Å²) in [5.74, 6) is 1.55. The smallest absolute Gasteiger partial charge is 0.348 e. The lowest BCUT2D eigenvalue weighted by molar-refractivity contribution is 0.307. The zero-order valence-corrected chi connectivity index (χ0v) is 21.8. The highest BCUT2D eigenvalue weighted by Crippen LogP contribution is 2.35. The number of hydrogen-bond acceptors (Lipinski definition) is 4. The molecule has 0 amide bonds. The van der Waals surface area contributed by atoms with Crippen LogP contribution in [0.25, 0.3) is 28.0 Å². The minimum atomic E-state index is -0.287. The molecule has 37 heavy (non-hydrogen) atoms. The summed E-state index contributed by atoms with van der Waals surface area (Å²) in [6.45, 7) is 8.61. The average Bonchev–Trinajstić information content (AvgIpc) is 3.49. The number of aromatic amines is 1. The molecule has 0 fully saturated rings. The lowest BCUT2D eigenvalue weighted by Crippen LogP contribution is -2.16. The maximum atomic E-state index is 13.1. The van der Waals surface area contributed by atoms with Gasteiger partial charge in [-0.05, 0) is 73.0 Å². The number of nitrogens with one attached hydrogen (secondary N) is 2. The molecule has 2 heterocycles. The largest absolute Gasteiger partial charge is 0.488 e. The van der Waals surface area contributed by atoms with E-state index in [1.807, 2.05) is 49.5 Å². The van der Waals surface area contributed by atoms with E-state index in [1.165, 1.54) is 5.56 Å². The number of ether oxygens (including phenoxy) is 1. The lowest BCUT2D eigenvalue weighted by Gasteiger charge is -2.18. The Morgan fingerprint density at radius 1 is 1.05 bits per heavy atom. The van der Waals surface area contributed by atoms with Crippen LogP contribution in [0.5, 0.6) is 5.75 Å². The molecular formula is C30H33N5O2. The van der Waals surface area contributed by atoms with Crippen LogP contribution in [-0.4, -0.2) is 32.9 Å². The zero-order valence-electron chi connectivity index (χ0n) is 21.8. The number of H-pyrrole nitrogens is 1. The first-order valence-corrected chi connectivity index (χ1v) is 12.7. The van der Waals surface area contributed by atoms with Gasteiger partial charge in [0.05, 0.1) is 11.3 Å². The number of nitrogens with zero attached hydrogens (tertiary/aromatic N) is 3. The van der Waals surface area contributed by atoms with Crippen LogP contribution in [0.4, 0.5) is 0 Å². The van der Waals surface area contributed by atoms with E-state index in [1.54, 1.807) is 4.57 Å². The molecule has 0 saturated heterocycles. The Morgan fingerprint density at radius 3 is 2.62 bits per heavy atom. The van der Waals surface area contributed by atoms with Crippen molar-refractivity contribution in [3.05, 3.63) is 100 Å². The second kappa shape index (κ2) is 10.5. The molecular weight excluding hydrogens is 462 g/mol. The summed E-state index contributed by atoms with van der Waals surface area (Å²) in [5, 5.41) is 11.4. The highest BCUT2D eigenvalue weighted by atomic mass is 16.5. The molecule has 0 aliphatic carbocycles. The molecule has 2 N–H and O–H groups in total. The average molecular weight is 496 g/mol. The van der Waals surface area contributed by atoms with Crippen molar-refractivity contribution in [2.24, 2.45) is 0 Å². The van der Waals surface area contributed by atoms with Crippen LogP contribution in [0.1, 0.15) is 36.5 Å². The Balaban J connectivity index is 1.60. The normalized spacial score (nSPS) is 11.5. The van der Waals surface area contributed by atoms with Crippen molar-refractivity contribution in [2.75, 3.05) is 13.6 Å². The molecule has 0 atom stereocenters. The molecule has 0 saturated carbocycles. The van der Waals surface area contributed by atoms with Gasteiger partial charge in [-0.3, -0.25) is 0 Å². The predicted octanol–water partition coefficient (Wildman–Crippen LogP) is 5.41. The maximum absolute atomic E-state index is 13.1. The molecule has 0 spiro atoms. The lowest BCUT2D eigenvalue weighted by atomic mass is 9.95. The molecule has 2 aromatic heterocycles. The molecule has 5 rings (SSSR count). The van der Waals surface area contributed by atoms with Gasteiger partial charge in [0.1, 0.15) is 12.4 Å². The number of rotatable bonds is 9. The van der Waals surface area contributed by atoms with Gasteiger partial charge >= 0.3 is 5.69 Å². The Hall–Kier alpha value is -4.10. The topological polar surface area (TPSA) is 76.9 Å². The van der Waals surface area contributed by atoms with E-state index in [-0.39, 0.29) is 5.69 Å². The fraction of sp³-hybridized carbons (Fsp3) is 0.267. The third-order valence-corrected chi connectivity index (χ3v) is 6.76. The number of likely N-dealkylation sites (N-methyl/N-ethyl adjacent to an activating group) is 1. The number of aromatic nitrogens is 4. The van der Waals surface area contributed by atoms with E-state index >= 15 is 0 Å². The molecule has 0 radical (unpaired) electrons. The van der Waals surface area contributed by atoms with Gasteiger partial charge in [-0.15, -0.1) is 0 Å².